The van der Waals surface area contributed by atoms with E-state index < -0.39 is 23.3 Å². The van der Waals surface area contributed by atoms with Gasteiger partial charge in [-0.2, -0.15) is 18.4 Å². The lowest BCUT2D eigenvalue weighted by atomic mass is 10.1. The van der Waals surface area contributed by atoms with Crippen LogP contribution in [0.25, 0.3) is 17.4 Å². The molecule has 2 aromatic rings. The number of hydrogen-bond donors (Lipinski definition) is 1. The third-order valence-electron chi connectivity index (χ3n) is 2.74. The molecule has 0 atom stereocenters. The second-order valence-corrected chi connectivity index (χ2v) is 4.26. The largest absolute Gasteiger partial charge is 0.477 e. The van der Waals surface area contributed by atoms with Crippen LogP contribution in [0.5, 0.6) is 0 Å². The fourth-order valence-corrected chi connectivity index (χ4v) is 1.72. The molecule has 1 N–H and O–H groups in total. The molecule has 0 aliphatic rings. The van der Waals surface area contributed by atoms with Crippen molar-refractivity contribution in [2.24, 2.45) is 0 Å². The average molecular weight is 307 g/mol. The van der Waals surface area contributed by atoms with Gasteiger partial charge in [-0.3, -0.25) is 0 Å². The summed E-state index contributed by atoms with van der Waals surface area (Å²) in [5, 5.41) is 17.4. The molecule has 0 amide bonds. The highest BCUT2D eigenvalue weighted by Gasteiger charge is 2.30. The molecule has 1 heterocycles. The Morgan fingerprint density at radius 2 is 2.00 bits per heavy atom. The van der Waals surface area contributed by atoms with Crippen LogP contribution in [-0.4, -0.2) is 11.1 Å². The monoisotopic (exact) mass is 307 g/mol. The molecule has 7 heteroatoms. The highest BCUT2D eigenvalue weighted by Crippen LogP contribution is 2.32. The third kappa shape index (κ3) is 3.35. The second kappa shape index (κ2) is 5.77. The fraction of sp³-hybridized carbons (Fsp3) is 0.0667. The molecule has 0 unspecified atom stereocenters. The molecular weight excluding hydrogens is 299 g/mol. The van der Waals surface area contributed by atoms with Crippen molar-refractivity contribution in [3.8, 4) is 17.4 Å². The van der Waals surface area contributed by atoms with Crippen molar-refractivity contribution in [2.45, 2.75) is 6.18 Å². The van der Waals surface area contributed by atoms with E-state index in [4.69, 9.17) is 14.8 Å². The van der Waals surface area contributed by atoms with Crippen LogP contribution in [0, 0.1) is 11.3 Å². The molecule has 0 fully saturated rings. The minimum absolute atomic E-state index is 0.0614. The first kappa shape index (κ1) is 15.4. The van der Waals surface area contributed by atoms with Crippen LogP contribution in [0.3, 0.4) is 0 Å². The van der Waals surface area contributed by atoms with Crippen LogP contribution in [0.1, 0.15) is 11.3 Å². The van der Waals surface area contributed by atoms with E-state index in [9.17, 15) is 18.0 Å². The van der Waals surface area contributed by atoms with Gasteiger partial charge in [-0.1, -0.05) is 12.1 Å². The number of carbonyl (C=O) groups is 1. The Bertz CT molecular complexity index is 782. The summed E-state index contributed by atoms with van der Waals surface area (Å²) in [4.78, 5) is 10.7. The summed E-state index contributed by atoms with van der Waals surface area (Å²) < 4.78 is 43.2. The standard InChI is InChI=1S/C15H8F3NO3/c16-15(17,18)11-3-1-2-9(6-11)13-5-4-12(22-13)7-10(8-19)14(20)21/h1-7H,(H,20,21)/b10-7+. The number of nitriles is 1. The van der Waals surface area contributed by atoms with Crippen LogP contribution in [0.2, 0.25) is 0 Å². The van der Waals surface area contributed by atoms with Gasteiger partial charge >= 0.3 is 12.1 Å². The van der Waals surface area contributed by atoms with E-state index in [2.05, 4.69) is 0 Å². The van der Waals surface area contributed by atoms with Crippen molar-refractivity contribution < 1.29 is 27.5 Å². The highest BCUT2D eigenvalue weighted by molar-refractivity contribution is 5.96. The average Bonchev–Trinajstić information content (AvgIpc) is 2.92. The van der Waals surface area contributed by atoms with Crippen LogP contribution >= 0.6 is 0 Å². The van der Waals surface area contributed by atoms with Crippen LogP contribution < -0.4 is 0 Å². The molecule has 1 aromatic heterocycles. The Morgan fingerprint density at radius 3 is 2.59 bits per heavy atom. The zero-order chi connectivity index (χ0) is 16.3. The lowest BCUT2D eigenvalue weighted by molar-refractivity contribution is -0.137. The van der Waals surface area contributed by atoms with Gasteiger partial charge in [0.15, 0.2) is 0 Å². The number of hydrogen-bond acceptors (Lipinski definition) is 3. The number of carboxylic acid groups (broad SMARTS) is 1. The van der Waals surface area contributed by atoms with E-state index in [-0.39, 0.29) is 17.1 Å². The Hall–Kier alpha value is -3.01. The van der Waals surface area contributed by atoms with E-state index in [1.54, 1.807) is 0 Å². The lowest BCUT2D eigenvalue weighted by Crippen LogP contribution is -2.04. The minimum Gasteiger partial charge on any atom is -0.477 e. The van der Waals surface area contributed by atoms with E-state index in [0.717, 1.165) is 18.2 Å². The number of furan rings is 1. The van der Waals surface area contributed by atoms with Gasteiger partial charge < -0.3 is 9.52 Å². The maximum absolute atomic E-state index is 12.7. The van der Waals surface area contributed by atoms with Crippen LogP contribution in [0.15, 0.2) is 46.4 Å². The molecule has 0 saturated heterocycles. The minimum atomic E-state index is -4.47. The zero-order valence-electron chi connectivity index (χ0n) is 10.9. The highest BCUT2D eigenvalue weighted by atomic mass is 19.4. The Kier molecular flexibility index (Phi) is 4.04. The summed E-state index contributed by atoms with van der Waals surface area (Å²) in [6, 6.07) is 8.79. The Balaban J connectivity index is 2.37. The van der Waals surface area contributed by atoms with E-state index >= 15 is 0 Å². The fourth-order valence-electron chi connectivity index (χ4n) is 1.72. The molecule has 0 spiro atoms. The molecular formula is C15H8F3NO3. The Morgan fingerprint density at radius 1 is 1.27 bits per heavy atom. The third-order valence-corrected chi connectivity index (χ3v) is 2.74. The van der Waals surface area contributed by atoms with Crippen molar-refractivity contribution in [1.29, 1.82) is 5.26 Å². The number of nitrogens with zero attached hydrogens (tertiary/aromatic N) is 1. The molecule has 0 bridgehead atoms. The summed E-state index contributed by atoms with van der Waals surface area (Å²) in [6.45, 7) is 0. The summed E-state index contributed by atoms with van der Waals surface area (Å²) in [5.74, 6) is -1.22. The predicted molar refractivity (Wildman–Crippen MR) is 70.4 cm³/mol. The topological polar surface area (TPSA) is 74.2 Å². The lowest BCUT2D eigenvalue weighted by Gasteiger charge is -2.07. The van der Waals surface area contributed by atoms with E-state index in [1.165, 1.54) is 30.3 Å². The van der Waals surface area contributed by atoms with Gasteiger partial charge in [0.2, 0.25) is 0 Å². The number of benzene rings is 1. The van der Waals surface area contributed by atoms with Gasteiger partial charge in [0.1, 0.15) is 23.2 Å². The number of alkyl halides is 3. The first-order valence-corrected chi connectivity index (χ1v) is 5.94. The molecule has 1 aromatic carbocycles. The Labute approximate surface area is 122 Å². The number of aliphatic carboxylic acids is 1. The molecule has 22 heavy (non-hydrogen) atoms. The summed E-state index contributed by atoms with van der Waals surface area (Å²) in [5.41, 5.74) is -1.16. The quantitative estimate of drug-likeness (QED) is 0.688. The first-order valence-electron chi connectivity index (χ1n) is 5.94. The first-order chi connectivity index (χ1) is 10.3. The summed E-state index contributed by atoms with van der Waals surface area (Å²) in [7, 11) is 0. The molecule has 0 aliphatic heterocycles. The zero-order valence-corrected chi connectivity index (χ0v) is 10.9. The van der Waals surface area contributed by atoms with Crippen molar-refractivity contribution in [3.63, 3.8) is 0 Å². The second-order valence-electron chi connectivity index (χ2n) is 4.26. The van der Waals surface area contributed by atoms with Gasteiger partial charge in [0.25, 0.3) is 0 Å². The van der Waals surface area contributed by atoms with Crippen molar-refractivity contribution >= 4 is 12.0 Å². The van der Waals surface area contributed by atoms with Gasteiger partial charge in [-0.25, -0.2) is 4.79 Å². The smallest absolute Gasteiger partial charge is 0.416 e. The van der Waals surface area contributed by atoms with Gasteiger partial charge in [-0.05, 0) is 24.3 Å². The molecule has 0 radical (unpaired) electrons. The van der Waals surface area contributed by atoms with Gasteiger partial charge in [-0.15, -0.1) is 0 Å². The predicted octanol–water partition coefficient (Wildman–Crippen LogP) is 3.96. The number of carboxylic acids is 1. The van der Waals surface area contributed by atoms with Crippen LogP contribution in [0.4, 0.5) is 13.2 Å². The molecule has 112 valence electrons. The van der Waals surface area contributed by atoms with Crippen molar-refractivity contribution in [3.05, 3.63) is 53.3 Å². The van der Waals surface area contributed by atoms with E-state index in [0.29, 0.717) is 0 Å². The normalized spacial score (nSPS) is 12.0. The SMILES string of the molecule is N#C/C(=C\c1ccc(-c2cccc(C(F)(F)F)c2)o1)C(=O)O. The van der Waals surface area contributed by atoms with Crippen molar-refractivity contribution in [2.75, 3.05) is 0 Å². The van der Waals surface area contributed by atoms with E-state index in [1.807, 2.05) is 0 Å². The molecule has 4 nitrogen and oxygen atoms in total. The maximum atomic E-state index is 12.7. The number of halogens is 3. The number of rotatable bonds is 3. The maximum Gasteiger partial charge on any atom is 0.416 e. The molecule has 0 saturated carbocycles. The summed E-state index contributed by atoms with van der Waals surface area (Å²) >= 11 is 0. The van der Waals surface area contributed by atoms with Crippen molar-refractivity contribution in [1.82, 2.24) is 0 Å². The van der Waals surface area contributed by atoms with Gasteiger partial charge in [0, 0.05) is 11.6 Å². The van der Waals surface area contributed by atoms with Gasteiger partial charge in [0.05, 0.1) is 5.56 Å². The van der Waals surface area contributed by atoms with Crippen LogP contribution in [-0.2, 0) is 11.0 Å². The summed E-state index contributed by atoms with van der Waals surface area (Å²) in [6.07, 6.45) is -3.47. The molecule has 0 aliphatic carbocycles. The molecule has 2 rings (SSSR count).